The van der Waals surface area contributed by atoms with Crippen LogP contribution in [0.5, 0.6) is 0 Å². The minimum absolute atomic E-state index is 0. The van der Waals surface area contributed by atoms with E-state index in [1.165, 1.54) is 0 Å². The molecule has 0 amide bonds. The zero-order valence-electron chi connectivity index (χ0n) is 24.6. The van der Waals surface area contributed by atoms with Gasteiger partial charge in [-0.1, -0.05) is 54.6 Å². The van der Waals surface area contributed by atoms with Gasteiger partial charge < -0.3 is 61.9 Å². The number of fused-ring (bicyclic) bond motifs is 3. The van der Waals surface area contributed by atoms with Crippen molar-refractivity contribution in [1.82, 2.24) is 15.0 Å². The number of benzene rings is 3. The second-order valence-electron chi connectivity index (χ2n) is 10.5. The third-order valence-electron chi connectivity index (χ3n) is 7.25. The van der Waals surface area contributed by atoms with Gasteiger partial charge in [0, 0.05) is 69.4 Å². The van der Waals surface area contributed by atoms with Crippen molar-refractivity contribution >= 4 is 50.6 Å². The molecule has 0 saturated heterocycles. The van der Waals surface area contributed by atoms with Crippen LogP contribution in [0.2, 0.25) is 0 Å². The van der Waals surface area contributed by atoms with Crippen molar-refractivity contribution in [1.29, 1.82) is 0 Å². The number of carbonyl (C=O) groups excluding carboxylic acids is 3. The van der Waals surface area contributed by atoms with E-state index in [0.717, 1.165) is 49.4 Å². The summed E-state index contributed by atoms with van der Waals surface area (Å²) in [5.74, 6) is -3.67. The minimum atomic E-state index is -1.22. The number of carbonyl (C=O) groups is 3. The molecule has 0 bridgehead atoms. The number of hydrogen-bond donors (Lipinski definition) is 6. The molecule has 9 N–H and O–H groups in total. The molecule has 3 aromatic carbocycles. The van der Waals surface area contributed by atoms with Crippen molar-refractivity contribution in [2.24, 2.45) is 17.2 Å². The fraction of sp³-hybridized carbons (Fsp3) is 0.182. The molecule has 0 spiro atoms. The van der Waals surface area contributed by atoms with Crippen LogP contribution in [-0.2, 0) is 51.0 Å². The number of nitrogens with one attached hydrogen (secondary N) is 3. The molecule has 46 heavy (non-hydrogen) atoms. The predicted molar refractivity (Wildman–Crippen MR) is 165 cm³/mol. The van der Waals surface area contributed by atoms with Gasteiger partial charge in [0.15, 0.2) is 0 Å². The topological polar surface area (TPSA) is 246 Å². The van der Waals surface area contributed by atoms with Gasteiger partial charge in [-0.3, -0.25) is 0 Å². The van der Waals surface area contributed by atoms with E-state index in [1.807, 2.05) is 72.8 Å². The number of aromatic nitrogens is 3. The van der Waals surface area contributed by atoms with Crippen molar-refractivity contribution in [3.8, 4) is 0 Å². The fourth-order valence-electron chi connectivity index (χ4n) is 4.86. The van der Waals surface area contributed by atoms with Crippen molar-refractivity contribution in [2.75, 3.05) is 0 Å². The smallest absolute Gasteiger partial charge is 0.548 e. The van der Waals surface area contributed by atoms with Gasteiger partial charge in [-0.15, -0.1) is 0 Å². The van der Waals surface area contributed by atoms with Crippen molar-refractivity contribution in [2.45, 2.75) is 37.4 Å². The van der Waals surface area contributed by atoms with Crippen LogP contribution in [0.1, 0.15) is 16.7 Å². The van der Waals surface area contributed by atoms with Crippen molar-refractivity contribution in [3.05, 3.63) is 108 Å². The number of aliphatic carboxylic acids is 3. The van der Waals surface area contributed by atoms with E-state index in [-0.39, 0.29) is 36.6 Å². The van der Waals surface area contributed by atoms with Gasteiger partial charge >= 0.3 is 17.4 Å². The molecule has 0 unspecified atom stereocenters. The number of carboxylic acid groups (broad SMARTS) is 3. The molecule has 0 aliphatic carbocycles. The quantitative estimate of drug-likeness (QED) is 0.115. The van der Waals surface area contributed by atoms with E-state index in [2.05, 4.69) is 15.0 Å². The molecule has 13 heteroatoms. The van der Waals surface area contributed by atoms with E-state index >= 15 is 0 Å². The largest absolute Gasteiger partial charge is 3.00 e. The van der Waals surface area contributed by atoms with Gasteiger partial charge in [-0.25, -0.2) is 0 Å². The van der Waals surface area contributed by atoms with Gasteiger partial charge in [0.25, 0.3) is 0 Å². The second kappa shape index (κ2) is 16.4. The first-order valence-corrected chi connectivity index (χ1v) is 14.1. The van der Waals surface area contributed by atoms with Gasteiger partial charge in [0.2, 0.25) is 0 Å². The Bertz CT molecular complexity index is 1700. The molecule has 12 nitrogen and oxygen atoms in total. The molecule has 237 valence electrons. The van der Waals surface area contributed by atoms with E-state index in [9.17, 15) is 29.7 Å². The van der Waals surface area contributed by atoms with E-state index < -0.39 is 36.0 Å². The van der Waals surface area contributed by atoms with E-state index in [4.69, 9.17) is 17.2 Å². The summed E-state index contributed by atoms with van der Waals surface area (Å²) in [7, 11) is 0. The average Bonchev–Trinajstić information content (AvgIpc) is 3.75. The fourth-order valence-corrected chi connectivity index (χ4v) is 4.86. The third kappa shape index (κ3) is 9.07. The van der Waals surface area contributed by atoms with Gasteiger partial charge in [0.05, 0.1) is 17.9 Å². The van der Waals surface area contributed by atoms with Crippen LogP contribution in [-0.4, -0.2) is 51.0 Å². The molecule has 0 fully saturated rings. The summed E-state index contributed by atoms with van der Waals surface area (Å²) in [6.45, 7) is 0. The Morgan fingerprint density at radius 3 is 0.978 bits per heavy atom. The molecule has 0 saturated carbocycles. The SMILES string of the molecule is N[C@@H](Cc1c[nH]c2ccccc12)C(=O)[O-].N[C@@H](Cc1c[nH]c2ccccc12)C(=O)[O-].N[C@@H](Cc1c[nH]c2ccccc12)C(=O)[O-].[Cr+3]. The first-order valence-electron chi connectivity index (χ1n) is 14.1. The molecular weight excluding hydrogens is 628 g/mol. The number of carboxylic acids is 3. The summed E-state index contributed by atoms with van der Waals surface area (Å²) in [5, 5.41) is 34.6. The predicted octanol–water partition coefficient (Wildman–Crippen LogP) is -0.640. The Morgan fingerprint density at radius 2 is 0.739 bits per heavy atom. The number of H-pyrrole nitrogens is 3. The molecule has 3 heterocycles. The van der Waals surface area contributed by atoms with E-state index in [0.29, 0.717) is 0 Å². The summed E-state index contributed by atoms with van der Waals surface area (Å²) < 4.78 is 0. The maximum absolute atomic E-state index is 10.5. The molecule has 6 aromatic rings. The zero-order chi connectivity index (χ0) is 32.5. The molecule has 0 aliphatic heterocycles. The van der Waals surface area contributed by atoms with Crippen LogP contribution in [0.3, 0.4) is 0 Å². The maximum Gasteiger partial charge on any atom is 3.00 e. The van der Waals surface area contributed by atoms with Gasteiger partial charge in [-0.05, 0) is 54.2 Å². The maximum atomic E-state index is 10.5. The van der Waals surface area contributed by atoms with Crippen LogP contribution in [0.15, 0.2) is 91.4 Å². The van der Waals surface area contributed by atoms with Crippen LogP contribution in [0.25, 0.3) is 32.7 Å². The zero-order valence-corrected chi connectivity index (χ0v) is 25.9. The second-order valence-corrected chi connectivity index (χ2v) is 10.5. The number of rotatable bonds is 9. The number of para-hydroxylation sites is 3. The minimum Gasteiger partial charge on any atom is -0.548 e. The van der Waals surface area contributed by atoms with E-state index in [1.54, 1.807) is 18.6 Å². The van der Waals surface area contributed by atoms with Crippen LogP contribution < -0.4 is 32.5 Å². The first-order chi connectivity index (χ1) is 21.5. The van der Waals surface area contributed by atoms with Crippen molar-refractivity contribution < 1.29 is 47.1 Å². The molecule has 3 aromatic heterocycles. The normalized spacial score (nSPS) is 12.6. The Hall–Kier alpha value is -4.90. The Balaban J connectivity index is 0.000000186. The monoisotopic (exact) mass is 661 g/mol. The molecular formula is C33H33CrN6O6. The Kier molecular flexibility index (Phi) is 12.7. The summed E-state index contributed by atoms with van der Waals surface area (Å²) >= 11 is 0. The average molecular weight is 662 g/mol. The van der Waals surface area contributed by atoms with Crippen LogP contribution in [0.4, 0.5) is 0 Å². The summed E-state index contributed by atoms with van der Waals surface area (Å²) in [4.78, 5) is 40.7. The van der Waals surface area contributed by atoms with Crippen LogP contribution in [0, 0.1) is 0 Å². The molecule has 3 atom stereocenters. The van der Waals surface area contributed by atoms with Gasteiger partial charge in [-0.2, -0.15) is 0 Å². The molecule has 0 aliphatic rings. The Labute approximate surface area is 274 Å². The van der Waals surface area contributed by atoms with Crippen LogP contribution >= 0.6 is 0 Å². The Morgan fingerprint density at radius 1 is 0.500 bits per heavy atom. The van der Waals surface area contributed by atoms with Crippen molar-refractivity contribution in [3.63, 3.8) is 0 Å². The first kappa shape index (κ1) is 35.6. The molecule has 1 radical (unpaired) electrons. The summed E-state index contributed by atoms with van der Waals surface area (Å²) in [6.07, 6.45) is 6.21. The number of hydrogen-bond acceptors (Lipinski definition) is 9. The summed E-state index contributed by atoms with van der Waals surface area (Å²) in [5.41, 5.74) is 21.9. The standard InChI is InChI=1S/3C11H12N2O2.Cr/c3*12-9(11(14)15)5-7-6-13-10-4-2-1-3-8(7)10;/h3*1-4,6,9,13H,5,12H2,(H,14,15);/q;;;+3/p-3/t3*9-;/m000./s1. The third-order valence-corrected chi connectivity index (χ3v) is 7.25. The number of nitrogens with two attached hydrogens (primary N) is 3. The summed E-state index contributed by atoms with van der Waals surface area (Å²) in [6, 6.07) is 20.2. The molecule has 6 rings (SSSR count). The van der Waals surface area contributed by atoms with Gasteiger partial charge in [0.1, 0.15) is 0 Å². The number of aromatic amines is 3.